The monoisotopic (exact) mass is 326 g/mol. The van der Waals surface area contributed by atoms with E-state index in [2.05, 4.69) is 5.32 Å². The number of methoxy groups -OCH3 is 2. The van der Waals surface area contributed by atoms with Crippen molar-refractivity contribution in [3.63, 3.8) is 0 Å². The van der Waals surface area contributed by atoms with Crippen molar-refractivity contribution in [2.75, 3.05) is 32.2 Å². The van der Waals surface area contributed by atoms with Gasteiger partial charge in [0.15, 0.2) is 0 Å². The summed E-state index contributed by atoms with van der Waals surface area (Å²) in [5, 5.41) is 3.35. The summed E-state index contributed by atoms with van der Waals surface area (Å²) in [6, 6.07) is 11.5. The Balaban J connectivity index is 2.03. The van der Waals surface area contributed by atoms with Crippen LogP contribution in [0.25, 0.3) is 0 Å². The summed E-state index contributed by atoms with van der Waals surface area (Å²) < 4.78 is 10.8. The Morgan fingerprint density at radius 1 is 1.12 bits per heavy atom. The van der Waals surface area contributed by atoms with Crippen LogP contribution in [-0.2, 0) is 6.54 Å². The molecule has 1 amide bonds. The molecule has 1 aliphatic rings. The van der Waals surface area contributed by atoms with Gasteiger partial charge in [-0.1, -0.05) is 18.2 Å². The number of hydrogen-bond acceptors (Lipinski definition) is 4. The number of carbonyl (C=O) groups is 1. The second-order valence-corrected chi connectivity index (χ2v) is 5.77. The number of para-hydroxylation sites is 1. The van der Waals surface area contributed by atoms with E-state index in [4.69, 9.17) is 9.47 Å². The van der Waals surface area contributed by atoms with Crippen molar-refractivity contribution in [1.29, 1.82) is 0 Å². The van der Waals surface area contributed by atoms with Gasteiger partial charge in [0.2, 0.25) is 0 Å². The van der Waals surface area contributed by atoms with Crippen LogP contribution >= 0.6 is 0 Å². The van der Waals surface area contributed by atoms with Crippen LogP contribution in [0.2, 0.25) is 0 Å². The molecule has 1 N–H and O–H groups in total. The maximum Gasteiger partial charge on any atom is 0.258 e. The van der Waals surface area contributed by atoms with E-state index < -0.39 is 0 Å². The van der Waals surface area contributed by atoms with Gasteiger partial charge < -0.3 is 19.7 Å². The van der Waals surface area contributed by atoms with E-state index >= 15 is 0 Å². The highest BCUT2D eigenvalue weighted by atomic mass is 16.5. The molecular formula is C19H22N2O3. The minimum absolute atomic E-state index is 0.0530. The van der Waals surface area contributed by atoms with E-state index in [-0.39, 0.29) is 5.91 Å². The summed E-state index contributed by atoms with van der Waals surface area (Å²) in [5.41, 5.74) is 3.51. The Labute approximate surface area is 142 Å². The van der Waals surface area contributed by atoms with Crippen LogP contribution in [0.3, 0.4) is 0 Å². The summed E-state index contributed by atoms with van der Waals surface area (Å²) in [4.78, 5) is 15.0. The normalized spacial score (nSPS) is 13.9. The molecule has 2 aromatic carbocycles. The standard InChI is InChI=1S/C19H22N2O3/c1-13-17(23-2)10-15(11-18(13)24-3)19(22)21-9-8-20-12-14-6-4-5-7-16(14)21/h4-7,10-11,20H,8-9,12H2,1-3H3. The zero-order valence-corrected chi connectivity index (χ0v) is 14.3. The van der Waals surface area contributed by atoms with Gasteiger partial charge in [-0.15, -0.1) is 0 Å². The molecule has 0 aromatic heterocycles. The lowest BCUT2D eigenvalue weighted by Gasteiger charge is -2.23. The summed E-state index contributed by atoms with van der Waals surface area (Å²) in [5.74, 6) is 1.25. The van der Waals surface area contributed by atoms with Crippen molar-refractivity contribution in [1.82, 2.24) is 5.32 Å². The van der Waals surface area contributed by atoms with Crippen molar-refractivity contribution in [2.24, 2.45) is 0 Å². The number of amides is 1. The van der Waals surface area contributed by atoms with Crippen molar-refractivity contribution in [3.05, 3.63) is 53.1 Å². The van der Waals surface area contributed by atoms with E-state index in [1.54, 1.807) is 26.4 Å². The highest BCUT2D eigenvalue weighted by Crippen LogP contribution is 2.31. The third-order valence-corrected chi connectivity index (χ3v) is 4.35. The molecular weight excluding hydrogens is 304 g/mol. The lowest BCUT2D eigenvalue weighted by molar-refractivity contribution is 0.0987. The Morgan fingerprint density at radius 3 is 2.46 bits per heavy atom. The predicted molar refractivity (Wildman–Crippen MR) is 94.1 cm³/mol. The van der Waals surface area contributed by atoms with Crippen molar-refractivity contribution in [2.45, 2.75) is 13.5 Å². The molecule has 2 aromatic rings. The Bertz CT molecular complexity index is 733. The van der Waals surface area contributed by atoms with Crippen LogP contribution in [0.5, 0.6) is 11.5 Å². The van der Waals surface area contributed by atoms with Crippen LogP contribution in [0, 0.1) is 6.92 Å². The number of rotatable bonds is 3. The zero-order chi connectivity index (χ0) is 17.1. The summed E-state index contributed by atoms with van der Waals surface area (Å²) in [6.45, 7) is 4.05. The minimum atomic E-state index is -0.0530. The second-order valence-electron chi connectivity index (χ2n) is 5.77. The average molecular weight is 326 g/mol. The van der Waals surface area contributed by atoms with Gasteiger partial charge in [-0.05, 0) is 30.7 Å². The van der Waals surface area contributed by atoms with Gasteiger partial charge in [0.25, 0.3) is 5.91 Å². The van der Waals surface area contributed by atoms with Gasteiger partial charge in [0, 0.05) is 36.4 Å². The first kappa shape index (κ1) is 16.3. The van der Waals surface area contributed by atoms with Gasteiger partial charge in [-0.3, -0.25) is 4.79 Å². The summed E-state index contributed by atoms with van der Waals surface area (Å²) >= 11 is 0. The largest absolute Gasteiger partial charge is 0.496 e. The van der Waals surface area contributed by atoms with Crippen LogP contribution in [0.1, 0.15) is 21.5 Å². The zero-order valence-electron chi connectivity index (χ0n) is 14.3. The average Bonchev–Trinajstić information content (AvgIpc) is 2.83. The highest BCUT2D eigenvalue weighted by Gasteiger charge is 2.23. The van der Waals surface area contributed by atoms with Gasteiger partial charge >= 0.3 is 0 Å². The number of ether oxygens (including phenoxy) is 2. The second kappa shape index (κ2) is 6.93. The van der Waals surface area contributed by atoms with Gasteiger partial charge in [-0.2, -0.15) is 0 Å². The fourth-order valence-electron chi connectivity index (χ4n) is 3.03. The van der Waals surface area contributed by atoms with Crippen molar-refractivity contribution >= 4 is 11.6 Å². The number of nitrogens with zero attached hydrogens (tertiary/aromatic N) is 1. The maximum absolute atomic E-state index is 13.1. The fourth-order valence-corrected chi connectivity index (χ4v) is 3.03. The van der Waals surface area contributed by atoms with E-state index in [1.165, 1.54) is 0 Å². The Hall–Kier alpha value is -2.53. The lowest BCUT2D eigenvalue weighted by Crippen LogP contribution is -2.34. The van der Waals surface area contributed by atoms with E-state index in [0.29, 0.717) is 23.6 Å². The van der Waals surface area contributed by atoms with E-state index in [0.717, 1.165) is 29.9 Å². The van der Waals surface area contributed by atoms with Crippen LogP contribution in [0.4, 0.5) is 5.69 Å². The first-order valence-electron chi connectivity index (χ1n) is 7.99. The summed E-state index contributed by atoms with van der Waals surface area (Å²) in [7, 11) is 3.20. The summed E-state index contributed by atoms with van der Waals surface area (Å²) in [6.07, 6.45) is 0. The predicted octanol–water partition coefficient (Wildman–Crippen LogP) is 2.76. The number of nitrogens with one attached hydrogen (secondary N) is 1. The van der Waals surface area contributed by atoms with Gasteiger partial charge in [0.05, 0.1) is 14.2 Å². The molecule has 1 aliphatic heterocycles. The molecule has 0 saturated heterocycles. The number of carbonyl (C=O) groups excluding carboxylic acids is 1. The van der Waals surface area contributed by atoms with Crippen molar-refractivity contribution in [3.8, 4) is 11.5 Å². The molecule has 1 heterocycles. The molecule has 0 saturated carbocycles. The lowest BCUT2D eigenvalue weighted by atomic mass is 10.1. The molecule has 0 radical (unpaired) electrons. The first-order chi connectivity index (χ1) is 11.7. The molecule has 0 atom stereocenters. The molecule has 0 spiro atoms. The van der Waals surface area contributed by atoms with E-state index in [9.17, 15) is 4.79 Å². The molecule has 0 unspecified atom stereocenters. The molecule has 0 fully saturated rings. The van der Waals surface area contributed by atoms with Crippen LogP contribution in [-0.4, -0.2) is 33.2 Å². The Kier molecular flexibility index (Phi) is 4.71. The molecule has 0 aliphatic carbocycles. The first-order valence-corrected chi connectivity index (χ1v) is 7.99. The van der Waals surface area contributed by atoms with Crippen molar-refractivity contribution < 1.29 is 14.3 Å². The van der Waals surface area contributed by atoms with Crippen LogP contribution < -0.4 is 19.7 Å². The molecule has 126 valence electrons. The fraction of sp³-hybridized carbons (Fsp3) is 0.316. The third kappa shape index (κ3) is 2.95. The number of anilines is 1. The number of benzene rings is 2. The van der Waals surface area contributed by atoms with Gasteiger partial charge in [-0.25, -0.2) is 0 Å². The van der Waals surface area contributed by atoms with Gasteiger partial charge in [0.1, 0.15) is 11.5 Å². The SMILES string of the molecule is COc1cc(C(=O)N2CCNCc3ccccc32)cc(OC)c1C. The maximum atomic E-state index is 13.1. The molecule has 5 heteroatoms. The quantitative estimate of drug-likeness (QED) is 0.942. The number of hydrogen-bond donors (Lipinski definition) is 1. The Morgan fingerprint density at radius 2 is 1.79 bits per heavy atom. The molecule has 5 nitrogen and oxygen atoms in total. The molecule has 24 heavy (non-hydrogen) atoms. The smallest absolute Gasteiger partial charge is 0.258 e. The number of fused-ring (bicyclic) bond motifs is 1. The van der Waals surface area contributed by atoms with E-state index in [1.807, 2.05) is 36.1 Å². The highest BCUT2D eigenvalue weighted by molar-refractivity contribution is 6.07. The van der Waals surface area contributed by atoms with Crippen LogP contribution in [0.15, 0.2) is 36.4 Å². The molecule has 0 bridgehead atoms. The molecule has 3 rings (SSSR count). The minimum Gasteiger partial charge on any atom is -0.496 e. The topological polar surface area (TPSA) is 50.8 Å². The third-order valence-electron chi connectivity index (χ3n) is 4.35.